The quantitative estimate of drug-likeness (QED) is 0.736. The average molecular weight is 258 g/mol. The van der Waals surface area contributed by atoms with Crippen LogP contribution in [0, 0.1) is 0 Å². The molecule has 0 unspecified atom stereocenters. The maximum Gasteiger partial charge on any atom is 0.200 e. The van der Waals surface area contributed by atoms with Gasteiger partial charge in [-0.25, -0.2) is 0 Å². The van der Waals surface area contributed by atoms with Crippen LogP contribution in [-0.4, -0.2) is 9.67 Å². The van der Waals surface area contributed by atoms with Gasteiger partial charge < -0.3 is 9.67 Å². The Morgan fingerprint density at radius 1 is 1.00 bits per heavy atom. The highest BCUT2D eigenvalue weighted by atomic mass is 35.5. The lowest BCUT2D eigenvalue weighted by Gasteiger charge is -2.04. The molecule has 0 aliphatic heterocycles. The van der Waals surface area contributed by atoms with Crippen molar-refractivity contribution in [3.8, 4) is 5.88 Å². The van der Waals surface area contributed by atoms with Gasteiger partial charge in [-0.3, -0.25) is 0 Å². The van der Waals surface area contributed by atoms with Gasteiger partial charge in [0.1, 0.15) is 0 Å². The molecule has 3 heteroatoms. The monoisotopic (exact) mass is 257 g/mol. The highest BCUT2D eigenvalue weighted by molar-refractivity contribution is 6.36. The molecule has 18 heavy (non-hydrogen) atoms. The summed E-state index contributed by atoms with van der Waals surface area (Å²) in [6.07, 6.45) is 1.92. The molecule has 0 amide bonds. The van der Waals surface area contributed by atoms with E-state index in [2.05, 4.69) is 0 Å². The van der Waals surface area contributed by atoms with E-state index in [0.717, 1.165) is 16.3 Å². The number of halogens is 1. The Kier molecular flexibility index (Phi) is 2.73. The molecular weight excluding hydrogens is 246 g/mol. The van der Waals surface area contributed by atoms with Crippen LogP contribution < -0.4 is 0 Å². The van der Waals surface area contributed by atoms with Crippen LogP contribution in [-0.2, 0) is 6.54 Å². The summed E-state index contributed by atoms with van der Waals surface area (Å²) < 4.78 is 1.81. The van der Waals surface area contributed by atoms with Gasteiger partial charge in [0.2, 0.25) is 5.88 Å². The van der Waals surface area contributed by atoms with Gasteiger partial charge in [0.05, 0.1) is 17.0 Å². The van der Waals surface area contributed by atoms with Crippen molar-refractivity contribution in [1.82, 2.24) is 4.57 Å². The van der Waals surface area contributed by atoms with Crippen LogP contribution in [0.5, 0.6) is 5.88 Å². The Bertz CT molecular complexity index is 688. The van der Waals surface area contributed by atoms with Crippen molar-refractivity contribution >= 4 is 22.4 Å². The third-order valence-corrected chi connectivity index (χ3v) is 3.35. The zero-order valence-electron chi connectivity index (χ0n) is 9.68. The molecule has 0 saturated carbocycles. The topological polar surface area (TPSA) is 25.2 Å². The number of rotatable bonds is 2. The average Bonchev–Trinajstić information content (AvgIpc) is 2.69. The van der Waals surface area contributed by atoms with Crippen LogP contribution in [0.2, 0.25) is 5.02 Å². The summed E-state index contributed by atoms with van der Waals surface area (Å²) in [7, 11) is 0. The number of fused-ring (bicyclic) bond motifs is 1. The third-order valence-electron chi connectivity index (χ3n) is 3.03. The van der Waals surface area contributed by atoms with Gasteiger partial charge in [0, 0.05) is 11.6 Å². The lowest BCUT2D eigenvalue weighted by molar-refractivity contribution is 0.430. The molecule has 0 bridgehead atoms. The van der Waals surface area contributed by atoms with Gasteiger partial charge in [0.25, 0.3) is 0 Å². The molecule has 0 aliphatic rings. The summed E-state index contributed by atoms with van der Waals surface area (Å²) in [6, 6.07) is 15.6. The maximum atomic E-state index is 10.2. The standard InChI is InChI=1S/C15H12ClNO/c16-13-8-4-7-12-10-17(15(18)14(12)13)9-11-5-2-1-3-6-11/h1-8,10,18H,9H2. The Morgan fingerprint density at radius 2 is 1.78 bits per heavy atom. The lowest BCUT2D eigenvalue weighted by Crippen LogP contribution is -1.96. The van der Waals surface area contributed by atoms with Crippen molar-refractivity contribution in [2.45, 2.75) is 6.54 Å². The van der Waals surface area contributed by atoms with Crippen LogP contribution in [0.3, 0.4) is 0 Å². The fraction of sp³-hybridized carbons (Fsp3) is 0.0667. The number of aromatic nitrogens is 1. The van der Waals surface area contributed by atoms with Crippen LogP contribution in [0.15, 0.2) is 54.7 Å². The van der Waals surface area contributed by atoms with E-state index >= 15 is 0 Å². The maximum absolute atomic E-state index is 10.2. The van der Waals surface area contributed by atoms with E-state index in [1.54, 1.807) is 6.07 Å². The van der Waals surface area contributed by atoms with E-state index in [-0.39, 0.29) is 5.88 Å². The summed E-state index contributed by atoms with van der Waals surface area (Å²) in [5.74, 6) is 0.222. The molecule has 90 valence electrons. The van der Waals surface area contributed by atoms with E-state index in [1.165, 1.54) is 0 Å². The Morgan fingerprint density at radius 3 is 2.50 bits per heavy atom. The second-order valence-corrected chi connectivity index (χ2v) is 4.68. The Balaban J connectivity index is 2.08. The van der Waals surface area contributed by atoms with Crippen molar-refractivity contribution in [2.75, 3.05) is 0 Å². The first-order chi connectivity index (χ1) is 8.75. The summed E-state index contributed by atoms with van der Waals surface area (Å²) in [5.41, 5.74) is 1.14. The van der Waals surface area contributed by atoms with Crippen LogP contribution >= 0.6 is 11.6 Å². The fourth-order valence-corrected chi connectivity index (χ4v) is 2.42. The van der Waals surface area contributed by atoms with Crippen molar-refractivity contribution in [3.05, 3.63) is 65.3 Å². The molecule has 0 spiro atoms. The number of benzene rings is 2. The van der Waals surface area contributed by atoms with Gasteiger partial charge >= 0.3 is 0 Å². The zero-order valence-corrected chi connectivity index (χ0v) is 10.4. The predicted octanol–water partition coefficient (Wildman–Crippen LogP) is 4.05. The highest BCUT2D eigenvalue weighted by Gasteiger charge is 2.10. The zero-order chi connectivity index (χ0) is 12.5. The van der Waals surface area contributed by atoms with E-state index in [1.807, 2.05) is 53.2 Å². The van der Waals surface area contributed by atoms with Gasteiger partial charge in [-0.15, -0.1) is 0 Å². The number of hydrogen-bond donors (Lipinski definition) is 1. The summed E-state index contributed by atoms with van der Waals surface area (Å²) in [4.78, 5) is 0. The molecule has 0 fully saturated rings. The molecule has 0 radical (unpaired) electrons. The third kappa shape index (κ3) is 1.85. The van der Waals surface area contributed by atoms with Gasteiger partial charge in [-0.2, -0.15) is 0 Å². The van der Waals surface area contributed by atoms with E-state index in [4.69, 9.17) is 11.6 Å². The molecule has 0 saturated heterocycles. The highest BCUT2D eigenvalue weighted by Crippen LogP contribution is 2.33. The first-order valence-corrected chi connectivity index (χ1v) is 6.14. The molecule has 2 nitrogen and oxygen atoms in total. The molecule has 1 aromatic heterocycles. The van der Waals surface area contributed by atoms with Crippen LogP contribution in [0.1, 0.15) is 5.56 Å². The molecule has 3 aromatic rings. The predicted molar refractivity (Wildman–Crippen MR) is 74.2 cm³/mol. The molecule has 1 N–H and O–H groups in total. The van der Waals surface area contributed by atoms with E-state index in [9.17, 15) is 5.11 Å². The number of nitrogens with zero attached hydrogens (tertiary/aromatic N) is 1. The molecule has 0 aliphatic carbocycles. The summed E-state index contributed by atoms with van der Waals surface area (Å²) in [6.45, 7) is 0.637. The van der Waals surface area contributed by atoms with Crippen LogP contribution in [0.4, 0.5) is 0 Å². The van der Waals surface area contributed by atoms with Gasteiger partial charge in [-0.05, 0) is 11.6 Å². The van der Waals surface area contributed by atoms with E-state index in [0.29, 0.717) is 11.6 Å². The second kappa shape index (κ2) is 4.39. The van der Waals surface area contributed by atoms with Crippen LogP contribution in [0.25, 0.3) is 10.8 Å². The molecule has 0 atom stereocenters. The minimum absolute atomic E-state index is 0.222. The van der Waals surface area contributed by atoms with Crippen molar-refractivity contribution in [3.63, 3.8) is 0 Å². The minimum Gasteiger partial charge on any atom is -0.494 e. The Hall–Kier alpha value is -1.93. The minimum atomic E-state index is 0.222. The van der Waals surface area contributed by atoms with Gasteiger partial charge in [-0.1, -0.05) is 54.1 Å². The first kappa shape index (κ1) is 11.2. The molecule has 1 heterocycles. The smallest absolute Gasteiger partial charge is 0.200 e. The summed E-state index contributed by atoms with van der Waals surface area (Å²) >= 11 is 6.11. The summed E-state index contributed by atoms with van der Waals surface area (Å²) in [5, 5.41) is 12.5. The van der Waals surface area contributed by atoms with E-state index < -0.39 is 0 Å². The number of aromatic hydroxyl groups is 1. The largest absolute Gasteiger partial charge is 0.494 e. The van der Waals surface area contributed by atoms with Crippen molar-refractivity contribution in [1.29, 1.82) is 0 Å². The molecule has 2 aromatic carbocycles. The lowest BCUT2D eigenvalue weighted by atomic mass is 10.2. The SMILES string of the molecule is Oc1c2c(Cl)cccc2cn1Cc1ccccc1. The second-order valence-electron chi connectivity index (χ2n) is 4.27. The van der Waals surface area contributed by atoms with Crippen molar-refractivity contribution < 1.29 is 5.11 Å². The molecular formula is C15H12ClNO. The number of hydrogen-bond acceptors (Lipinski definition) is 1. The fourth-order valence-electron chi connectivity index (χ4n) is 2.16. The normalized spacial score (nSPS) is 10.9. The van der Waals surface area contributed by atoms with Gasteiger partial charge in [0.15, 0.2) is 0 Å². The molecule has 3 rings (SSSR count). The first-order valence-electron chi connectivity index (χ1n) is 5.76. The Labute approximate surface area is 110 Å². The van der Waals surface area contributed by atoms with Crippen molar-refractivity contribution in [2.24, 2.45) is 0 Å².